The molecule has 0 aliphatic rings. The van der Waals surface area contributed by atoms with E-state index in [4.69, 9.17) is 4.74 Å². The summed E-state index contributed by atoms with van der Waals surface area (Å²) in [5, 5.41) is 12.8. The molecule has 0 saturated heterocycles. The monoisotopic (exact) mass is 613 g/mol. The first kappa shape index (κ1) is 32.1. The molecule has 0 spiro atoms. The molecular weight excluding hydrogens is 582 g/mol. The van der Waals surface area contributed by atoms with E-state index in [2.05, 4.69) is 5.32 Å². The van der Waals surface area contributed by atoms with Crippen LogP contribution in [0.2, 0.25) is 0 Å². The van der Waals surface area contributed by atoms with Crippen molar-refractivity contribution < 1.29 is 32.2 Å². The normalized spacial score (nSPS) is 12.5. The minimum atomic E-state index is -4.92. The van der Waals surface area contributed by atoms with E-state index < -0.39 is 65.2 Å². The predicted octanol–water partition coefficient (Wildman–Crippen LogP) is 6.16. The summed E-state index contributed by atoms with van der Waals surface area (Å²) in [7, 11) is 0. The summed E-state index contributed by atoms with van der Waals surface area (Å²) in [6.07, 6.45) is -5.76. The SMILES string of the molecule is Cc1c(-c2cccc(O)c2)c(=O)n(C[C@H](NC(=O)OC(C)(C)C)c2ccccc2)c(=O)n1Cc1c(F)cccc1C(F)(F)F. The van der Waals surface area contributed by atoms with Crippen LogP contribution in [0.1, 0.15) is 49.2 Å². The number of hydrogen-bond acceptors (Lipinski definition) is 5. The van der Waals surface area contributed by atoms with Crippen LogP contribution in [-0.2, 0) is 24.0 Å². The van der Waals surface area contributed by atoms with E-state index in [1.807, 2.05) is 0 Å². The largest absolute Gasteiger partial charge is 0.508 e. The molecule has 1 amide bonds. The lowest BCUT2D eigenvalue weighted by molar-refractivity contribution is -0.138. The van der Waals surface area contributed by atoms with Crippen molar-refractivity contribution in [2.45, 2.75) is 58.6 Å². The zero-order valence-electron chi connectivity index (χ0n) is 24.4. The number of rotatable bonds is 7. The Morgan fingerprint density at radius 2 is 1.61 bits per heavy atom. The van der Waals surface area contributed by atoms with Crippen molar-refractivity contribution in [3.8, 4) is 16.9 Å². The molecule has 2 N–H and O–H groups in total. The van der Waals surface area contributed by atoms with Gasteiger partial charge in [-0.1, -0.05) is 48.5 Å². The number of hydrogen-bond donors (Lipinski definition) is 2. The van der Waals surface area contributed by atoms with E-state index >= 15 is 0 Å². The maximum absolute atomic E-state index is 14.9. The third-order valence-electron chi connectivity index (χ3n) is 6.82. The Balaban J connectivity index is 1.95. The molecule has 8 nitrogen and oxygen atoms in total. The molecule has 12 heteroatoms. The number of aromatic nitrogens is 2. The lowest BCUT2D eigenvalue weighted by atomic mass is 10.0. The number of phenolic OH excluding ortho intramolecular Hbond substituents is 1. The van der Waals surface area contributed by atoms with Crippen molar-refractivity contribution in [1.82, 2.24) is 14.5 Å². The van der Waals surface area contributed by atoms with Crippen LogP contribution < -0.4 is 16.6 Å². The molecule has 0 aliphatic carbocycles. The van der Waals surface area contributed by atoms with Gasteiger partial charge in [-0.2, -0.15) is 13.2 Å². The summed E-state index contributed by atoms with van der Waals surface area (Å²) in [5.41, 5.74) is -4.25. The second kappa shape index (κ2) is 12.4. The summed E-state index contributed by atoms with van der Waals surface area (Å²) in [6, 6.07) is 15.5. The van der Waals surface area contributed by atoms with E-state index in [1.165, 1.54) is 31.2 Å². The Kier molecular flexibility index (Phi) is 9.03. The lowest BCUT2D eigenvalue weighted by Crippen LogP contribution is -2.46. The fourth-order valence-electron chi connectivity index (χ4n) is 4.84. The quantitative estimate of drug-likeness (QED) is 0.243. The van der Waals surface area contributed by atoms with Gasteiger partial charge in [-0.3, -0.25) is 13.9 Å². The van der Waals surface area contributed by atoms with Crippen LogP contribution in [-0.4, -0.2) is 25.9 Å². The third-order valence-corrected chi connectivity index (χ3v) is 6.82. The van der Waals surface area contributed by atoms with E-state index in [0.717, 1.165) is 21.3 Å². The average Bonchev–Trinajstić information content (AvgIpc) is 2.92. The van der Waals surface area contributed by atoms with Gasteiger partial charge in [-0.15, -0.1) is 0 Å². The van der Waals surface area contributed by atoms with Crippen molar-refractivity contribution in [3.63, 3.8) is 0 Å². The smallest absolute Gasteiger partial charge is 0.416 e. The number of phenols is 1. The van der Waals surface area contributed by atoms with Crippen LogP contribution in [0.5, 0.6) is 5.75 Å². The van der Waals surface area contributed by atoms with Crippen LogP contribution in [0, 0.1) is 12.7 Å². The summed E-state index contributed by atoms with van der Waals surface area (Å²) in [6.45, 7) is 5.03. The fraction of sp³-hybridized carbons (Fsp3) is 0.281. The molecule has 0 bridgehead atoms. The van der Waals surface area contributed by atoms with Crippen molar-refractivity contribution in [2.24, 2.45) is 0 Å². The number of carbonyl (C=O) groups excluding carboxylic acids is 1. The molecule has 4 rings (SSSR count). The van der Waals surface area contributed by atoms with Crippen LogP contribution in [0.15, 0.2) is 82.4 Å². The minimum absolute atomic E-state index is 0.0467. The van der Waals surface area contributed by atoms with E-state index in [-0.39, 0.29) is 22.6 Å². The fourth-order valence-corrected chi connectivity index (χ4v) is 4.84. The van der Waals surface area contributed by atoms with Crippen LogP contribution in [0.3, 0.4) is 0 Å². The van der Waals surface area contributed by atoms with Gasteiger partial charge in [0.15, 0.2) is 0 Å². The van der Waals surface area contributed by atoms with Gasteiger partial charge in [0.25, 0.3) is 5.56 Å². The van der Waals surface area contributed by atoms with Crippen LogP contribution >= 0.6 is 0 Å². The Morgan fingerprint density at radius 3 is 2.23 bits per heavy atom. The molecular formula is C32H31F4N3O5. The number of aromatic hydroxyl groups is 1. The highest BCUT2D eigenvalue weighted by molar-refractivity contribution is 5.68. The lowest BCUT2D eigenvalue weighted by Gasteiger charge is -2.25. The van der Waals surface area contributed by atoms with Gasteiger partial charge in [0, 0.05) is 11.3 Å². The second-order valence-electron chi connectivity index (χ2n) is 11.2. The van der Waals surface area contributed by atoms with E-state index in [9.17, 15) is 37.1 Å². The van der Waals surface area contributed by atoms with Crippen molar-refractivity contribution >= 4 is 6.09 Å². The Labute approximate surface area is 250 Å². The summed E-state index contributed by atoms with van der Waals surface area (Å²) >= 11 is 0. The zero-order valence-corrected chi connectivity index (χ0v) is 24.4. The van der Waals surface area contributed by atoms with Crippen LogP contribution in [0.4, 0.5) is 22.4 Å². The highest BCUT2D eigenvalue weighted by atomic mass is 19.4. The molecule has 4 aromatic rings. The molecule has 3 aromatic carbocycles. The summed E-state index contributed by atoms with van der Waals surface area (Å²) < 4.78 is 63.6. The number of alkyl halides is 3. The summed E-state index contributed by atoms with van der Waals surface area (Å²) in [4.78, 5) is 40.7. The van der Waals surface area contributed by atoms with Gasteiger partial charge in [0.05, 0.1) is 30.3 Å². The first-order valence-electron chi connectivity index (χ1n) is 13.6. The van der Waals surface area contributed by atoms with Crippen LogP contribution in [0.25, 0.3) is 11.1 Å². The van der Waals surface area contributed by atoms with Gasteiger partial charge in [0.1, 0.15) is 17.2 Å². The standard InChI is InChI=1S/C32H31F4N3O5/c1-19-27(21-12-8-13-22(40)16-21)28(41)39(18-26(20-10-6-5-7-11-20)37-29(42)44-31(2,3)4)30(43)38(19)17-23-24(32(34,35)36)14-9-15-25(23)33/h5-16,26,40H,17-18H2,1-4H3,(H,37,42)/t26-/m0/s1. The molecule has 44 heavy (non-hydrogen) atoms. The number of ether oxygens (including phenoxy) is 1. The molecule has 232 valence electrons. The van der Waals surface area contributed by atoms with E-state index in [0.29, 0.717) is 11.6 Å². The van der Waals surface area contributed by atoms with E-state index in [1.54, 1.807) is 51.1 Å². The molecule has 1 atom stereocenters. The molecule has 0 aliphatic heterocycles. The first-order chi connectivity index (χ1) is 20.6. The van der Waals surface area contributed by atoms with Crippen molar-refractivity contribution in [3.05, 3.63) is 122 Å². The second-order valence-corrected chi connectivity index (χ2v) is 11.2. The van der Waals surface area contributed by atoms with Crippen molar-refractivity contribution in [1.29, 1.82) is 0 Å². The van der Waals surface area contributed by atoms with Gasteiger partial charge >= 0.3 is 18.0 Å². The van der Waals surface area contributed by atoms with Gasteiger partial charge < -0.3 is 15.2 Å². The maximum Gasteiger partial charge on any atom is 0.416 e. The first-order valence-corrected chi connectivity index (χ1v) is 13.6. The number of alkyl carbamates (subject to hydrolysis) is 1. The minimum Gasteiger partial charge on any atom is -0.508 e. The Hall–Kier alpha value is -4.87. The topological polar surface area (TPSA) is 103 Å². The van der Waals surface area contributed by atoms with Gasteiger partial charge in [-0.25, -0.2) is 14.0 Å². The molecule has 0 fully saturated rings. The maximum atomic E-state index is 14.9. The highest BCUT2D eigenvalue weighted by Gasteiger charge is 2.35. The molecule has 1 aromatic heterocycles. The number of halogens is 4. The average molecular weight is 614 g/mol. The molecule has 0 radical (unpaired) electrons. The zero-order chi connectivity index (χ0) is 32.4. The predicted molar refractivity (Wildman–Crippen MR) is 156 cm³/mol. The number of nitrogens with one attached hydrogen (secondary N) is 1. The third kappa shape index (κ3) is 7.19. The highest BCUT2D eigenvalue weighted by Crippen LogP contribution is 2.34. The molecule has 0 unspecified atom stereocenters. The summed E-state index contributed by atoms with van der Waals surface area (Å²) in [5.74, 6) is -1.38. The number of benzene rings is 3. The number of nitrogens with zero attached hydrogens (tertiary/aromatic N) is 2. The molecule has 1 heterocycles. The number of amides is 1. The molecule has 0 saturated carbocycles. The Bertz CT molecular complexity index is 1790. The van der Waals surface area contributed by atoms with Gasteiger partial charge in [0.2, 0.25) is 0 Å². The van der Waals surface area contributed by atoms with Crippen molar-refractivity contribution in [2.75, 3.05) is 0 Å². The van der Waals surface area contributed by atoms with Gasteiger partial charge in [-0.05, 0) is 63.1 Å². The number of carbonyl (C=O) groups is 1. The Morgan fingerprint density at radius 1 is 0.955 bits per heavy atom.